The third kappa shape index (κ3) is 4.21. The molecule has 0 radical (unpaired) electrons. The van der Waals surface area contributed by atoms with Gasteiger partial charge < -0.3 is 10.1 Å². The van der Waals surface area contributed by atoms with Crippen molar-refractivity contribution in [2.45, 2.75) is 26.5 Å². The molecule has 0 fully saturated rings. The fourth-order valence-corrected chi connectivity index (χ4v) is 1.77. The molecule has 0 aliphatic rings. The molecule has 2 aromatic heterocycles. The molecular formula is C14H16BrN3O. The van der Waals surface area contributed by atoms with Gasteiger partial charge in [0.25, 0.3) is 0 Å². The summed E-state index contributed by atoms with van der Waals surface area (Å²) in [4.78, 5) is 8.55. The van der Waals surface area contributed by atoms with Gasteiger partial charge in [0.05, 0.1) is 24.0 Å². The SMILES string of the molecule is CC(C)Oc1ncccc1NCc1ccc(Br)cn1. The number of aromatic nitrogens is 2. The summed E-state index contributed by atoms with van der Waals surface area (Å²) >= 11 is 3.37. The minimum atomic E-state index is 0.0984. The average molecular weight is 322 g/mol. The highest BCUT2D eigenvalue weighted by Gasteiger charge is 2.06. The first-order valence-corrected chi connectivity index (χ1v) is 6.90. The molecule has 5 heteroatoms. The normalized spacial score (nSPS) is 10.5. The van der Waals surface area contributed by atoms with E-state index in [0.29, 0.717) is 12.4 Å². The van der Waals surface area contributed by atoms with Gasteiger partial charge in [-0.15, -0.1) is 0 Å². The van der Waals surface area contributed by atoms with Crippen LogP contribution in [0.25, 0.3) is 0 Å². The summed E-state index contributed by atoms with van der Waals surface area (Å²) in [6, 6.07) is 7.77. The quantitative estimate of drug-likeness (QED) is 0.913. The van der Waals surface area contributed by atoms with Crippen molar-refractivity contribution in [3.8, 4) is 5.88 Å². The minimum Gasteiger partial charge on any atom is -0.473 e. The number of nitrogens with one attached hydrogen (secondary N) is 1. The molecule has 2 aromatic rings. The van der Waals surface area contributed by atoms with Gasteiger partial charge in [0, 0.05) is 16.9 Å². The van der Waals surface area contributed by atoms with Crippen LogP contribution in [0, 0.1) is 0 Å². The van der Waals surface area contributed by atoms with E-state index in [1.165, 1.54) is 0 Å². The van der Waals surface area contributed by atoms with Gasteiger partial charge >= 0.3 is 0 Å². The predicted octanol–water partition coefficient (Wildman–Crippen LogP) is 3.64. The first-order chi connectivity index (χ1) is 9.15. The van der Waals surface area contributed by atoms with Crippen molar-refractivity contribution in [2.24, 2.45) is 0 Å². The maximum Gasteiger partial charge on any atom is 0.237 e. The van der Waals surface area contributed by atoms with E-state index in [1.54, 1.807) is 12.4 Å². The van der Waals surface area contributed by atoms with Crippen LogP contribution in [0.5, 0.6) is 5.88 Å². The summed E-state index contributed by atoms with van der Waals surface area (Å²) in [6.07, 6.45) is 3.60. The first-order valence-electron chi connectivity index (χ1n) is 6.11. The monoisotopic (exact) mass is 321 g/mol. The minimum absolute atomic E-state index is 0.0984. The summed E-state index contributed by atoms with van der Waals surface area (Å²) in [5.41, 5.74) is 1.84. The molecule has 4 nitrogen and oxygen atoms in total. The number of halogens is 1. The lowest BCUT2D eigenvalue weighted by atomic mass is 10.3. The van der Waals surface area contributed by atoms with Crippen LogP contribution in [0.1, 0.15) is 19.5 Å². The maximum atomic E-state index is 5.65. The smallest absolute Gasteiger partial charge is 0.237 e. The zero-order valence-corrected chi connectivity index (χ0v) is 12.5. The first kappa shape index (κ1) is 13.8. The van der Waals surface area contributed by atoms with Crippen LogP contribution >= 0.6 is 15.9 Å². The molecule has 0 aliphatic heterocycles. The zero-order valence-electron chi connectivity index (χ0n) is 10.9. The van der Waals surface area contributed by atoms with Gasteiger partial charge in [0.1, 0.15) is 0 Å². The lowest BCUT2D eigenvalue weighted by Gasteiger charge is -2.13. The van der Waals surface area contributed by atoms with Gasteiger partial charge in [-0.2, -0.15) is 0 Å². The Morgan fingerprint density at radius 3 is 2.79 bits per heavy atom. The van der Waals surface area contributed by atoms with E-state index >= 15 is 0 Å². The predicted molar refractivity (Wildman–Crippen MR) is 79.3 cm³/mol. The second-order valence-electron chi connectivity index (χ2n) is 4.34. The standard InChI is InChI=1S/C14H16BrN3O/c1-10(2)19-14-13(4-3-7-16-14)18-9-12-6-5-11(15)8-17-12/h3-8,10,18H,9H2,1-2H3. The van der Waals surface area contributed by atoms with E-state index < -0.39 is 0 Å². The Hall–Kier alpha value is -1.62. The lowest BCUT2D eigenvalue weighted by molar-refractivity contribution is 0.234. The number of rotatable bonds is 5. The molecule has 0 unspecified atom stereocenters. The fraction of sp³-hybridized carbons (Fsp3) is 0.286. The Bertz CT molecular complexity index is 528. The second-order valence-corrected chi connectivity index (χ2v) is 5.26. The summed E-state index contributed by atoms with van der Waals surface area (Å²) in [7, 11) is 0. The molecule has 0 saturated carbocycles. The molecule has 2 rings (SSSR count). The Kier molecular flexibility index (Phi) is 4.74. The van der Waals surface area contributed by atoms with E-state index in [2.05, 4.69) is 31.2 Å². The van der Waals surface area contributed by atoms with Gasteiger partial charge in [-0.3, -0.25) is 4.98 Å². The van der Waals surface area contributed by atoms with Crippen molar-refractivity contribution in [1.82, 2.24) is 9.97 Å². The zero-order chi connectivity index (χ0) is 13.7. The van der Waals surface area contributed by atoms with E-state index in [0.717, 1.165) is 15.9 Å². The molecule has 2 heterocycles. The van der Waals surface area contributed by atoms with Crippen LogP contribution in [0.2, 0.25) is 0 Å². The molecule has 100 valence electrons. The topological polar surface area (TPSA) is 47.0 Å². The van der Waals surface area contributed by atoms with Crippen molar-refractivity contribution >= 4 is 21.6 Å². The number of ether oxygens (including phenoxy) is 1. The van der Waals surface area contributed by atoms with Crippen LogP contribution in [0.4, 0.5) is 5.69 Å². The third-order valence-corrected chi connectivity index (χ3v) is 2.84. The molecule has 0 amide bonds. The Morgan fingerprint density at radius 1 is 1.26 bits per heavy atom. The Morgan fingerprint density at radius 2 is 2.11 bits per heavy atom. The van der Waals surface area contributed by atoms with Crippen LogP contribution in [0.3, 0.4) is 0 Å². The van der Waals surface area contributed by atoms with Crippen LogP contribution in [-0.2, 0) is 6.54 Å². The number of pyridine rings is 2. The van der Waals surface area contributed by atoms with E-state index in [-0.39, 0.29) is 6.10 Å². The van der Waals surface area contributed by atoms with E-state index in [9.17, 15) is 0 Å². The van der Waals surface area contributed by atoms with E-state index in [1.807, 2.05) is 38.1 Å². The van der Waals surface area contributed by atoms with Gasteiger partial charge in [0.15, 0.2) is 0 Å². The van der Waals surface area contributed by atoms with Crippen molar-refractivity contribution in [3.05, 3.63) is 46.8 Å². The highest BCUT2D eigenvalue weighted by atomic mass is 79.9. The van der Waals surface area contributed by atoms with Crippen molar-refractivity contribution in [1.29, 1.82) is 0 Å². The summed E-state index contributed by atoms with van der Waals surface area (Å²) in [5.74, 6) is 0.620. The van der Waals surface area contributed by atoms with Gasteiger partial charge in [-0.05, 0) is 54.0 Å². The molecular weight excluding hydrogens is 306 g/mol. The van der Waals surface area contributed by atoms with Gasteiger partial charge in [0.2, 0.25) is 5.88 Å². The summed E-state index contributed by atoms with van der Waals surface area (Å²) < 4.78 is 6.62. The summed E-state index contributed by atoms with van der Waals surface area (Å²) in [6.45, 7) is 4.59. The molecule has 0 spiro atoms. The molecule has 0 atom stereocenters. The lowest BCUT2D eigenvalue weighted by Crippen LogP contribution is -2.10. The van der Waals surface area contributed by atoms with Gasteiger partial charge in [-0.1, -0.05) is 0 Å². The fourth-order valence-electron chi connectivity index (χ4n) is 1.54. The van der Waals surface area contributed by atoms with Crippen molar-refractivity contribution in [3.63, 3.8) is 0 Å². The Labute approximate surface area is 121 Å². The number of hydrogen-bond acceptors (Lipinski definition) is 4. The highest BCUT2D eigenvalue weighted by Crippen LogP contribution is 2.22. The Balaban J connectivity index is 2.04. The van der Waals surface area contributed by atoms with Crippen molar-refractivity contribution < 1.29 is 4.74 Å². The van der Waals surface area contributed by atoms with Gasteiger partial charge in [-0.25, -0.2) is 4.98 Å². The van der Waals surface area contributed by atoms with Crippen LogP contribution < -0.4 is 10.1 Å². The average Bonchev–Trinajstić information content (AvgIpc) is 2.39. The second kappa shape index (κ2) is 6.52. The largest absolute Gasteiger partial charge is 0.473 e. The molecule has 0 aliphatic carbocycles. The summed E-state index contributed by atoms with van der Waals surface area (Å²) in [5, 5.41) is 3.29. The molecule has 1 N–H and O–H groups in total. The van der Waals surface area contributed by atoms with Crippen LogP contribution in [0.15, 0.2) is 41.1 Å². The molecule has 0 aromatic carbocycles. The van der Waals surface area contributed by atoms with Crippen LogP contribution in [-0.4, -0.2) is 16.1 Å². The molecule has 19 heavy (non-hydrogen) atoms. The number of anilines is 1. The third-order valence-electron chi connectivity index (χ3n) is 2.37. The molecule has 0 bridgehead atoms. The maximum absolute atomic E-state index is 5.65. The molecule has 0 saturated heterocycles. The number of nitrogens with zero attached hydrogens (tertiary/aromatic N) is 2. The van der Waals surface area contributed by atoms with E-state index in [4.69, 9.17) is 4.74 Å². The number of hydrogen-bond donors (Lipinski definition) is 1. The highest BCUT2D eigenvalue weighted by molar-refractivity contribution is 9.10. The van der Waals surface area contributed by atoms with Crippen molar-refractivity contribution in [2.75, 3.05) is 5.32 Å².